The topological polar surface area (TPSA) is 12.9 Å². The van der Waals surface area contributed by atoms with Crippen molar-refractivity contribution >= 4 is 6.08 Å². The van der Waals surface area contributed by atoms with Gasteiger partial charge < -0.3 is 0 Å². The van der Waals surface area contributed by atoms with Gasteiger partial charge in [-0.3, -0.25) is 4.98 Å². The van der Waals surface area contributed by atoms with E-state index in [-0.39, 0.29) is 0 Å². The van der Waals surface area contributed by atoms with Gasteiger partial charge in [-0.2, -0.15) is 0 Å². The summed E-state index contributed by atoms with van der Waals surface area (Å²) < 4.78 is 0. The van der Waals surface area contributed by atoms with Gasteiger partial charge in [0.15, 0.2) is 0 Å². The lowest BCUT2D eigenvalue weighted by atomic mass is 10.2. The molecule has 1 aromatic rings. The molecule has 0 radical (unpaired) electrons. The molecule has 0 bridgehead atoms. The largest absolute Gasteiger partial charge is 0.264 e. The first-order chi connectivity index (χ1) is 7.33. The molecule has 0 aromatic carbocycles. The zero-order valence-corrected chi connectivity index (χ0v) is 8.93. The molecule has 1 heteroatoms. The molecular weight excluding hydrogens is 182 g/mol. The van der Waals surface area contributed by atoms with Gasteiger partial charge in [0.05, 0.1) is 0 Å². The third-order valence-electron chi connectivity index (χ3n) is 1.79. The highest BCUT2D eigenvalue weighted by Crippen LogP contribution is 2.03. The molecule has 1 nitrogen and oxygen atoms in total. The van der Waals surface area contributed by atoms with E-state index in [2.05, 4.69) is 11.6 Å². The maximum Gasteiger partial charge on any atom is 0.0340 e. The summed E-state index contributed by atoms with van der Waals surface area (Å²) in [6.45, 7) is 5.90. The van der Waals surface area contributed by atoms with Crippen LogP contribution in [0.4, 0.5) is 0 Å². The average molecular weight is 197 g/mol. The van der Waals surface area contributed by atoms with Crippen LogP contribution in [-0.2, 0) is 0 Å². The Bertz CT molecular complexity index is 383. The van der Waals surface area contributed by atoms with Crippen molar-refractivity contribution in [1.29, 1.82) is 0 Å². The first kappa shape index (κ1) is 11.2. The molecule has 0 aliphatic heterocycles. The summed E-state index contributed by atoms with van der Waals surface area (Å²) in [5.41, 5.74) is 2.05. The lowest BCUT2D eigenvalue weighted by Crippen LogP contribution is -1.73. The number of pyridine rings is 1. The minimum atomic E-state index is 0.969. The van der Waals surface area contributed by atoms with Gasteiger partial charge in [-0.1, -0.05) is 49.1 Å². The van der Waals surface area contributed by atoms with Crippen molar-refractivity contribution in [1.82, 2.24) is 4.98 Å². The van der Waals surface area contributed by atoms with E-state index >= 15 is 0 Å². The summed E-state index contributed by atoms with van der Waals surface area (Å²) in [4.78, 5) is 4.03. The Morgan fingerprint density at radius 2 is 2.20 bits per heavy atom. The smallest absolute Gasteiger partial charge is 0.0340 e. The standard InChI is InChI=1S/C14H15N/c1-3-4-5-7-13(2)9-10-14-8-6-11-15-12-14/h3-12H,2H2,1H3/b4-3-,7-5-,10-9-. The Morgan fingerprint density at radius 3 is 2.87 bits per heavy atom. The SMILES string of the molecule is C=C(/C=C\C=C/C)/C=C\c1cccnc1. The van der Waals surface area contributed by atoms with E-state index in [0.29, 0.717) is 0 Å². The zero-order chi connectivity index (χ0) is 10.9. The quantitative estimate of drug-likeness (QED) is 0.669. The number of rotatable bonds is 4. The molecular formula is C14H15N. The fourth-order valence-electron chi connectivity index (χ4n) is 1.02. The first-order valence-corrected chi connectivity index (χ1v) is 4.89. The van der Waals surface area contributed by atoms with Crippen LogP contribution in [0.5, 0.6) is 0 Å². The summed E-state index contributed by atoms with van der Waals surface area (Å²) in [7, 11) is 0. The van der Waals surface area contributed by atoms with Crippen LogP contribution in [0.15, 0.2) is 67.1 Å². The predicted molar refractivity (Wildman–Crippen MR) is 66.4 cm³/mol. The minimum absolute atomic E-state index is 0.969. The molecule has 0 unspecified atom stereocenters. The zero-order valence-electron chi connectivity index (χ0n) is 8.93. The number of nitrogens with zero attached hydrogens (tertiary/aromatic N) is 1. The number of aromatic nitrogens is 1. The summed E-state index contributed by atoms with van der Waals surface area (Å²) in [5, 5.41) is 0. The van der Waals surface area contributed by atoms with Crippen LogP contribution < -0.4 is 0 Å². The summed E-state index contributed by atoms with van der Waals surface area (Å²) in [6.07, 6.45) is 15.4. The monoisotopic (exact) mass is 197 g/mol. The average Bonchev–Trinajstić information content (AvgIpc) is 2.28. The van der Waals surface area contributed by atoms with Crippen LogP contribution in [0, 0.1) is 0 Å². The van der Waals surface area contributed by atoms with Crippen LogP contribution in [-0.4, -0.2) is 4.98 Å². The lowest BCUT2D eigenvalue weighted by Gasteiger charge is -1.91. The van der Waals surface area contributed by atoms with Gasteiger partial charge in [0.2, 0.25) is 0 Å². The highest BCUT2D eigenvalue weighted by molar-refractivity contribution is 5.53. The van der Waals surface area contributed by atoms with E-state index < -0.39 is 0 Å². The Kier molecular flexibility index (Phi) is 4.88. The van der Waals surface area contributed by atoms with Crippen molar-refractivity contribution in [3.63, 3.8) is 0 Å². The fraction of sp³-hybridized carbons (Fsp3) is 0.0714. The van der Waals surface area contributed by atoms with Gasteiger partial charge in [0, 0.05) is 12.4 Å². The van der Waals surface area contributed by atoms with Crippen LogP contribution in [0.25, 0.3) is 6.08 Å². The molecule has 1 rings (SSSR count). The lowest BCUT2D eigenvalue weighted by molar-refractivity contribution is 1.32. The van der Waals surface area contributed by atoms with Crippen molar-refractivity contribution in [2.24, 2.45) is 0 Å². The van der Waals surface area contributed by atoms with Crippen molar-refractivity contribution < 1.29 is 0 Å². The van der Waals surface area contributed by atoms with E-state index in [1.54, 1.807) is 6.20 Å². The van der Waals surface area contributed by atoms with Crippen LogP contribution in [0.1, 0.15) is 12.5 Å². The second-order valence-corrected chi connectivity index (χ2v) is 3.08. The highest BCUT2D eigenvalue weighted by atomic mass is 14.6. The third kappa shape index (κ3) is 4.77. The molecule has 0 aliphatic carbocycles. The number of hydrogen-bond donors (Lipinski definition) is 0. The molecule has 1 heterocycles. The second kappa shape index (κ2) is 6.55. The molecule has 76 valence electrons. The number of hydrogen-bond acceptors (Lipinski definition) is 1. The predicted octanol–water partition coefficient (Wildman–Crippen LogP) is 3.78. The maximum absolute atomic E-state index is 4.03. The normalized spacial score (nSPS) is 11.8. The van der Waals surface area contributed by atoms with Crippen molar-refractivity contribution in [2.75, 3.05) is 0 Å². The van der Waals surface area contributed by atoms with Crippen molar-refractivity contribution in [3.05, 3.63) is 72.6 Å². The third-order valence-corrected chi connectivity index (χ3v) is 1.79. The van der Waals surface area contributed by atoms with E-state index in [1.807, 2.05) is 61.7 Å². The van der Waals surface area contributed by atoms with E-state index in [1.165, 1.54) is 0 Å². The van der Waals surface area contributed by atoms with Crippen molar-refractivity contribution in [2.45, 2.75) is 6.92 Å². The Hall–Kier alpha value is -1.89. The molecule has 0 aliphatic rings. The molecule has 15 heavy (non-hydrogen) atoms. The molecule has 0 amide bonds. The van der Waals surface area contributed by atoms with Gasteiger partial charge >= 0.3 is 0 Å². The molecule has 0 saturated heterocycles. The van der Waals surface area contributed by atoms with E-state index in [0.717, 1.165) is 11.1 Å². The fourth-order valence-corrected chi connectivity index (χ4v) is 1.02. The number of allylic oxidation sites excluding steroid dienone is 6. The maximum atomic E-state index is 4.03. The molecule has 0 saturated carbocycles. The van der Waals surface area contributed by atoms with Gasteiger partial charge in [-0.25, -0.2) is 0 Å². The molecule has 0 atom stereocenters. The van der Waals surface area contributed by atoms with Gasteiger partial charge in [0.25, 0.3) is 0 Å². The molecule has 1 aromatic heterocycles. The Labute approximate surface area is 91.2 Å². The molecule has 0 spiro atoms. The van der Waals surface area contributed by atoms with Crippen LogP contribution in [0.3, 0.4) is 0 Å². The van der Waals surface area contributed by atoms with Crippen LogP contribution >= 0.6 is 0 Å². The van der Waals surface area contributed by atoms with E-state index in [9.17, 15) is 0 Å². The Balaban J connectivity index is 2.55. The first-order valence-electron chi connectivity index (χ1n) is 4.89. The van der Waals surface area contributed by atoms with Crippen molar-refractivity contribution in [3.8, 4) is 0 Å². The van der Waals surface area contributed by atoms with Gasteiger partial charge in [-0.15, -0.1) is 0 Å². The van der Waals surface area contributed by atoms with E-state index in [4.69, 9.17) is 0 Å². The Morgan fingerprint density at radius 1 is 1.33 bits per heavy atom. The molecule has 0 fully saturated rings. The van der Waals surface area contributed by atoms with Gasteiger partial charge in [-0.05, 0) is 24.1 Å². The molecule has 0 N–H and O–H groups in total. The van der Waals surface area contributed by atoms with Gasteiger partial charge in [0.1, 0.15) is 0 Å². The highest BCUT2D eigenvalue weighted by Gasteiger charge is 1.83. The second-order valence-electron chi connectivity index (χ2n) is 3.08. The summed E-state index contributed by atoms with van der Waals surface area (Å²) in [5.74, 6) is 0. The van der Waals surface area contributed by atoms with Crippen LogP contribution in [0.2, 0.25) is 0 Å². The summed E-state index contributed by atoms with van der Waals surface area (Å²) >= 11 is 0. The minimum Gasteiger partial charge on any atom is -0.264 e. The summed E-state index contributed by atoms with van der Waals surface area (Å²) in [6, 6.07) is 3.92.